The molecule has 0 aromatic carbocycles. The third-order valence-electron chi connectivity index (χ3n) is 3.93. The van der Waals surface area contributed by atoms with Crippen molar-refractivity contribution in [3.63, 3.8) is 0 Å². The van der Waals surface area contributed by atoms with Gasteiger partial charge in [-0.25, -0.2) is 4.98 Å². The van der Waals surface area contributed by atoms with Gasteiger partial charge < -0.3 is 10.4 Å². The molecule has 2 heterocycles. The minimum atomic E-state index is -0.853. The Morgan fingerprint density at radius 1 is 1.41 bits per heavy atom. The van der Waals surface area contributed by atoms with Gasteiger partial charge in [-0.05, 0) is 37.5 Å². The molecule has 1 aliphatic carbocycles. The Morgan fingerprint density at radius 2 is 2.14 bits per heavy atom. The largest absolute Gasteiger partial charge is 0.481 e. The minimum Gasteiger partial charge on any atom is -0.481 e. The molecule has 0 spiro atoms. The zero-order valence-electron chi connectivity index (χ0n) is 11.9. The average Bonchev–Trinajstić information content (AvgIpc) is 2.41. The molecule has 0 aliphatic heterocycles. The van der Waals surface area contributed by atoms with Crippen LogP contribution in [0, 0.1) is 12.8 Å². The Balaban J connectivity index is 1.80. The third-order valence-corrected chi connectivity index (χ3v) is 3.93. The topological polar surface area (TPSA) is 101 Å². The van der Waals surface area contributed by atoms with E-state index in [1.807, 2.05) is 6.92 Å². The highest BCUT2D eigenvalue weighted by atomic mass is 16.4. The zero-order valence-corrected chi connectivity index (χ0v) is 11.9. The van der Waals surface area contributed by atoms with Crippen molar-refractivity contribution in [2.45, 2.75) is 25.8 Å². The smallest absolute Gasteiger partial charge is 0.306 e. The first-order valence-electron chi connectivity index (χ1n) is 6.97. The normalized spacial score (nSPS) is 20.4. The fourth-order valence-electron chi connectivity index (χ4n) is 2.53. The first kappa shape index (κ1) is 14.2. The lowest BCUT2D eigenvalue weighted by Crippen LogP contribution is -2.47. The highest BCUT2D eigenvalue weighted by molar-refractivity contribution is 5.94. The number of nitrogens with one attached hydrogen (secondary N) is 1. The Kier molecular flexibility index (Phi) is 3.40. The van der Waals surface area contributed by atoms with E-state index in [2.05, 4.69) is 10.3 Å². The molecule has 3 rings (SSSR count). The van der Waals surface area contributed by atoms with Gasteiger partial charge >= 0.3 is 5.97 Å². The maximum absolute atomic E-state index is 12.3. The molecule has 1 fully saturated rings. The van der Waals surface area contributed by atoms with E-state index in [-0.39, 0.29) is 11.6 Å². The monoisotopic (exact) mass is 301 g/mol. The third kappa shape index (κ3) is 2.45. The second-order valence-electron chi connectivity index (χ2n) is 5.59. The summed E-state index contributed by atoms with van der Waals surface area (Å²) in [6.45, 7) is 1.89. The van der Waals surface area contributed by atoms with Crippen LogP contribution in [0.3, 0.4) is 0 Å². The number of fused-ring (bicyclic) bond motifs is 1. The van der Waals surface area contributed by atoms with Crippen molar-refractivity contribution in [1.29, 1.82) is 0 Å². The molecule has 22 heavy (non-hydrogen) atoms. The molecule has 0 unspecified atom stereocenters. The second-order valence-corrected chi connectivity index (χ2v) is 5.59. The van der Waals surface area contributed by atoms with Crippen molar-refractivity contribution >= 4 is 17.5 Å². The number of carboxylic acid groups (broad SMARTS) is 1. The predicted octanol–water partition coefficient (Wildman–Crippen LogP) is 0.596. The number of amides is 1. The molecule has 2 aromatic rings. The predicted molar refractivity (Wildman–Crippen MR) is 77.8 cm³/mol. The van der Waals surface area contributed by atoms with Gasteiger partial charge in [-0.1, -0.05) is 0 Å². The molecular formula is C15H15N3O4. The van der Waals surface area contributed by atoms with Crippen molar-refractivity contribution in [3.8, 4) is 0 Å². The fraction of sp³-hybridized carbons (Fsp3) is 0.333. The van der Waals surface area contributed by atoms with E-state index in [9.17, 15) is 14.4 Å². The molecule has 7 nitrogen and oxygen atoms in total. The summed E-state index contributed by atoms with van der Waals surface area (Å²) in [5, 5.41) is 11.5. The summed E-state index contributed by atoms with van der Waals surface area (Å²) in [6.07, 6.45) is 3.63. The molecule has 1 aliphatic rings. The summed E-state index contributed by atoms with van der Waals surface area (Å²) in [5.74, 6) is -1.78. The van der Waals surface area contributed by atoms with Crippen LogP contribution in [-0.4, -0.2) is 32.4 Å². The number of nitrogens with zero attached hydrogens (tertiary/aromatic N) is 2. The molecule has 2 aromatic heterocycles. The van der Waals surface area contributed by atoms with E-state index in [0.29, 0.717) is 18.5 Å². The van der Waals surface area contributed by atoms with E-state index in [1.165, 1.54) is 10.6 Å². The van der Waals surface area contributed by atoms with E-state index >= 15 is 0 Å². The summed E-state index contributed by atoms with van der Waals surface area (Å²) in [5.41, 5.74) is 0.978. The van der Waals surface area contributed by atoms with Crippen LogP contribution in [0.1, 0.15) is 28.8 Å². The molecule has 7 heteroatoms. The van der Waals surface area contributed by atoms with Crippen LogP contribution in [0.15, 0.2) is 29.3 Å². The fourth-order valence-corrected chi connectivity index (χ4v) is 2.53. The minimum absolute atomic E-state index is 0.0415. The molecule has 1 amide bonds. The van der Waals surface area contributed by atoms with Crippen LogP contribution >= 0.6 is 0 Å². The highest BCUT2D eigenvalue weighted by Gasteiger charge is 2.35. The molecule has 0 saturated heterocycles. The second kappa shape index (κ2) is 5.25. The van der Waals surface area contributed by atoms with Crippen LogP contribution in [0.25, 0.3) is 5.65 Å². The van der Waals surface area contributed by atoms with Crippen molar-refractivity contribution in [1.82, 2.24) is 14.7 Å². The number of rotatable bonds is 3. The summed E-state index contributed by atoms with van der Waals surface area (Å²) >= 11 is 0. The van der Waals surface area contributed by atoms with E-state index < -0.39 is 23.4 Å². The van der Waals surface area contributed by atoms with Crippen LogP contribution in [0.5, 0.6) is 0 Å². The SMILES string of the molecule is Cc1ccn2c(=O)c(C(=O)NC3CC(C(=O)O)C3)cnc2c1. The van der Waals surface area contributed by atoms with Gasteiger partial charge in [-0.2, -0.15) is 0 Å². The standard InChI is InChI=1S/C15H15N3O4/c1-8-2-3-18-12(4-8)16-7-11(14(18)20)13(19)17-10-5-9(6-10)15(21)22/h2-4,7,9-10H,5-6H2,1H3,(H,17,19)(H,21,22). The van der Waals surface area contributed by atoms with Gasteiger partial charge in [0.2, 0.25) is 0 Å². The Labute approximate surface area is 125 Å². The number of hydrogen-bond donors (Lipinski definition) is 2. The van der Waals surface area contributed by atoms with Crippen LogP contribution in [0.2, 0.25) is 0 Å². The van der Waals surface area contributed by atoms with Gasteiger partial charge in [0.15, 0.2) is 0 Å². The summed E-state index contributed by atoms with van der Waals surface area (Å²) < 4.78 is 1.32. The quantitative estimate of drug-likeness (QED) is 0.864. The number of aliphatic carboxylic acids is 1. The lowest BCUT2D eigenvalue weighted by atomic mass is 9.80. The first-order valence-corrected chi connectivity index (χ1v) is 6.97. The zero-order chi connectivity index (χ0) is 15.9. The molecule has 114 valence electrons. The maximum Gasteiger partial charge on any atom is 0.306 e. The molecule has 0 atom stereocenters. The van der Waals surface area contributed by atoms with Crippen LogP contribution in [-0.2, 0) is 4.79 Å². The number of carboxylic acids is 1. The number of carbonyl (C=O) groups is 2. The van der Waals surface area contributed by atoms with Gasteiger partial charge in [0.1, 0.15) is 11.2 Å². The Hall–Kier alpha value is -2.70. The number of carbonyl (C=O) groups excluding carboxylic acids is 1. The van der Waals surface area contributed by atoms with Crippen molar-refractivity contribution in [3.05, 3.63) is 46.0 Å². The van der Waals surface area contributed by atoms with Crippen molar-refractivity contribution in [2.24, 2.45) is 5.92 Å². The van der Waals surface area contributed by atoms with Gasteiger partial charge in [0, 0.05) is 18.4 Å². The van der Waals surface area contributed by atoms with Gasteiger partial charge in [0.05, 0.1) is 5.92 Å². The van der Waals surface area contributed by atoms with Crippen LogP contribution < -0.4 is 10.9 Å². The average molecular weight is 301 g/mol. The molecule has 0 radical (unpaired) electrons. The Morgan fingerprint density at radius 3 is 2.82 bits per heavy atom. The molecule has 1 saturated carbocycles. The first-order chi connectivity index (χ1) is 10.5. The lowest BCUT2D eigenvalue weighted by molar-refractivity contribution is -0.145. The molecule has 0 bridgehead atoms. The van der Waals surface area contributed by atoms with Crippen molar-refractivity contribution in [2.75, 3.05) is 0 Å². The highest BCUT2D eigenvalue weighted by Crippen LogP contribution is 2.27. The number of pyridine rings is 1. The van der Waals surface area contributed by atoms with Crippen LogP contribution in [0.4, 0.5) is 0 Å². The van der Waals surface area contributed by atoms with Gasteiger partial charge in [-0.15, -0.1) is 0 Å². The van der Waals surface area contributed by atoms with E-state index in [1.54, 1.807) is 18.3 Å². The summed E-state index contributed by atoms with van der Waals surface area (Å²) in [6, 6.07) is 3.32. The van der Waals surface area contributed by atoms with Crippen molar-refractivity contribution < 1.29 is 14.7 Å². The molecule has 2 N–H and O–H groups in total. The number of hydrogen-bond acceptors (Lipinski definition) is 4. The summed E-state index contributed by atoms with van der Waals surface area (Å²) in [4.78, 5) is 39.3. The number of aromatic nitrogens is 2. The van der Waals surface area contributed by atoms with E-state index in [4.69, 9.17) is 5.11 Å². The lowest BCUT2D eigenvalue weighted by Gasteiger charge is -2.32. The van der Waals surface area contributed by atoms with E-state index in [0.717, 1.165) is 5.56 Å². The maximum atomic E-state index is 12.3. The summed E-state index contributed by atoms with van der Waals surface area (Å²) in [7, 11) is 0. The Bertz CT molecular complexity index is 821. The van der Waals surface area contributed by atoms with Gasteiger partial charge in [0.25, 0.3) is 11.5 Å². The number of aryl methyl sites for hydroxylation is 1. The molecular weight excluding hydrogens is 286 g/mol. The van der Waals surface area contributed by atoms with Gasteiger partial charge in [-0.3, -0.25) is 18.8 Å².